The number of nitriles is 1. The molecule has 1 atom stereocenters. The Morgan fingerprint density at radius 2 is 1.83 bits per heavy atom. The third kappa shape index (κ3) is 4.19. The maximum atomic E-state index is 12.3. The molecular weight excluding hydrogens is 351 g/mol. The predicted octanol–water partition coefficient (Wildman–Crippen LogP) is 3.88. The quantitative estimate of drug-likeness (QED) is 0.817. The van der Waals surface area contributed by atoms with Gasteiger partial charge in [0, 0.05) is 0 Å². The molecule has 5 nitrogen and oxygen atoms in total. The van der Waals surface area contributed by atoms with E-state index in [2.05, 4.69) is 11.4 Å². The van der Waals surface area contributed by atoms with E-state index in [-0.39, 0.29) is 15.6 Å². The molecule has 1 aliphatic rings. The SMILES string of the molecule is C[C@H](OC(=O)c1c(Cl)cccc1Cl)C(=O)NC1(C#N)CCCCC1. The smallest absolute Gasteiger partial charge is 0.341 e. The molecule has 1 aromatic carbocycles. The van der Waals surface area contributed by atoms with Gasteiger partial charge in [0.2, 0.25) is 0 Å². The van der Waals surface area contributed by atoms with Crippen LogP contribution in [0.25, 0.3) is 0 Å². The zero-order valence-corrected chi connectivity index (χ0v) is 14.8. The number of amides is 1. The summed E-state index contributed by atoms with van der Waals surface area (Å²) in [5.41, 5.74) is -0.856. The van der Waals surface area contributed by atoms with E-state index in [1.807, 2.05) is 0 Å². The van der Waals surface area contributed by atoms with Crippen molar-refractivity contribution in [3.8, 4) is 6.07 Å². The van der Waals surface area contributed by atoms with Crippen LogP contribution in [0.3, 0.4) is 0 Å². The first kappa shape index (κ1) is 18.6. The van der Waals surface area contributed by atoms with Crippen LogP contribution in [0.4, 0.5) is 0 Å². The number of esters is 1. The molecule has 7 heteroatoms. The van der Waals surface area contributed by atoms with Crippen molar-refractivity contribution in [2.24, 2.45) is 0 Å². The topological polar surface area (TPSA) is 79.2 Å². The minimum absolute atomic E-state index is 0.0214. The summed E-state index contributed by atoms with van der Waals surface area (Å²) in [6, 6.07) is 6.83. The highest BCUT2D eigenvalue weighted by molar-refractivity contribution is 6.39. The van der Waals surface area contributed by atoms with Crippen LogP contribution in [-0.2, 0) is 9.53 Å². The largest absolute Gasteiger partial charge is 0.449 e. The number of halogens is 2. The molecule has 0 radical (unpaired) electrons. The molecular formula is C17H18Cl2N2O3. The zero-order valence-electron chi connectivity index (χ0n) is 13.3. The second-order valence-corrected chi connectivity index (χ2v) is 6.70. The van der Waals surface area contributed by atoms with Crippen molar-refractivity contribution >= 4 is 35.1 Å². The lowest BCUT2D eigenvalue weighted by Gasteiger charge is -2.32. The van der Waals surface area contributed by atoms with E-state index in [9.17, 15) is 14.9 Å². The first-order valence-electron chi connectivity index (χ1n) is 7.77. The van der Waals surface area contributed by atoms with E-state index in [0.29, 0.717) is 12.8 Å². The summed E-state index contributed by atoms with van der Waals surface area (Å²) >= 11 is 11.9. The third-order valence-electron chi connectivity index (χ3n) is 4.10. The Labute approximate surface area is 150 Å². The fraction of sp³-hybridized carbons (Fsp3) is 0.471. The second-order valence-electron chi connectivity index (χ2n) is 5.89. The summed E-state index contributed by atoms with van der Waals surface area (Å²) < 4.78 is 5.16. The zero-order chi connectivity index (χ0) is 17.7. The molecule has 1 aromatic rings. The van der Waals surface area contributed by atoms with Crippen molar-refractivity contribution in [1.82, 2.24) is 5.32 Å². The highest BCUT2D eigenvalue weighted by Crippen LogP contribution is 2.28. The van der Waals surface area contributed by atoms with Crippen molar-refractivity contribution in [1.29, 1.82) is 5.26 Å². The van der Waals surface area contributed by atoms with Crippen LogP contribution in [0.5, 0.6) is 0 Å². The van der Waals surface area contributed by atoms with Gasteiger partial charge in [-0.15, -0.1) is 0 Å². The molecule has 1 N–H and O–H groups in total. The average molecular weight is 369 g/mol. The second kappa shape index (κ2) is 7.87. The minimum Gasteiger partial charge on any atom is -0.449 e. The molecule has 128 valence electrons. The van der Waals surface area contributed by atoms with Crippen LogP contribution in [0.1, 0.15) is 49.4 Å². The fourth-order valence-electron chi connectivity index (χ4n) is 2.72. The van der Waals surface area contributed by atoms with Crippen molar-refractivity contribution in [2.75, 3.05) is 0 Å². The van der Waals surface area contributed by atoms with Crippen molar-refractivity contribution in [2.45, 2.75) is 50.7 Å². The number of nitrogens with one attached hydrogen (secondary N) is 1. The molecule has 2 rings (SSSR count). The minimum atomic E-state index is -1.06. The summed E-state index contributed by atoms with van der Waals surface area (Å²) in [6.07, 6.45) is 2.97. The molecule has 24 heavy (non-hydrogen) atoms. The normalized spacial score (nSPS) is 17.4. The standard InChI is InChI=1S/C17H18Cl2N2O3/c1-11(15(22)21-17(10-20)8-3-2-4-9-17)24-16(23)14-12(18)6-5-7-13(14)19/h5-7,11H,2-4,8-9H2,1H3,(H,21,22)/t11-/m0/s1. The Hall–Kier alpha value is -1.77. The number of benzene rings is 1. The van der Waals surface area contributed by atoms with Crippen LogP contribution >= 0.6 is 23.2 Å². The molecule has 0 unspecified atom stereocenters. The van der Waals surface area contributed by atoms with Crippen molar-refractivity contribution in [3.05, 3.63) is 33.8 Å². The van der Waals surface area contributed by atoms with Crippen LogP contribution in [0.15, 0.2) is 18.2 Å². The van der Waals surface area contributed by atoms with Gasteiger partial charge in [-0.1, -0.05) is 48.5 Å². The fourth-order valence-corrected chi connectivity index (χ4v) is 3.28. The van der Waals surface area contributed by atoms with Gasteiger partial charge in [0.25, 0.3) is 5.91 Å². The van der Waals surface area contributed by atoms with Gasteiger partial charge < -0.3 is 10.1 Å². The summed E-state index contributed by atoms with van der Waals surface area (Å²) in [5, 5.41) is 12.4. The highest BCUT2D eigenvalue weighted by Gasteiger charge is 2.35. The van der Waals surface area contributed by atoms with E-state index < -0.39 is 23.5 Å². The number of carbonyl (C=O) groups excluding carboxylic acids is 2. The maximum absolute atomic E-state index is 12.3. The molecule has 0 saturated heterocycles. The molecule has 0 aromatic heterocycles. The molecule has 1 fully saturated rings. The lowest BCUT2D eigenvalue weighted by Crippen LogP contribution is -2.52. The van der Waals surface area contributed by atoms with Crippen molar-refractivity contribution < 1.29 is 14.3 Å². The lowest BCUT2D eigenvalue weighted by molar-refractivity contribution is -0.130. The van der Waals surface area contributed by atoms with Crippen LogP contribution in [-0.4, -0.2) is 23.5 Å². The van der Waals surface area contributed by atoms with Crippen LogP contribution in [0.2, 0.25) is 10.0 Å². The Morgan fingerprint density at radius 3 is 2.38 bits per heavy atom. The molecule has 1 aliphatic carbocycles. The number of carbonyl (C=O) groups is 2. The van der Waals surface area contributed by atoms with E-state index >= 15 is 0 Å². The molecule has 0 heterocycles. The summed E-state index contributed by atoms with van der Waals surface area (Å²) in [7, 11) is 0. The predicted molar refractivity (Wildman–Crippen MR) is 90.9 cm³/mol. The van der Waals surface area contributed by atoms with E-state index in [4.69, 9.17) is 27.9 Å². The van der Waals surface area contributed by atoms with Gasteiger partial charge in [-0.2, -0.15) is 5.26 Å². The number of ether oxygens (including phenoxy) is 1. The summed E-state index contributed by atoms with van der Waals surface area (Å²) in [5.74, 6) is -1.28. The van der Waals surface area contributed by atoms with Gasteiger partial charge in [0.15, 0.2) is 6.10 Å². The van der Waals surface area contributed by atoms with E-state index in [0.717, 1.165) is 19.3 Å². The third-order valence-corrected chi connectivity index (χ3v) is 4.73. The number of rotatable bonds is 4. The van der Waals surface area contributed by atoms with Gasteiger partial charge in [0.1, 0.15) is 5.54 Å². The van der Waals surface area contributed by atoms with Crippen molar-refractivity contribution in [3.63, 3.8) is 0 Å². The number of hydrogen-bond acceptors (Lipinski definition) is 4. The number of nitrogens with zero attached hydrogens (tertiary/aromatic N) is 1. The summed E-state index contributed by atoms with van der Waals surface area (Å²) in [4.78, 5) is 24.5. The van der Waals surface area contributed by atoms with Gasteiger partial charge in [0.05, 0.1) is 21.7 Å². The van der Waals surface area contributed by atoms with Gasteiger partial charge >= 0.3 is 5.97 Å². The average Bonchev–Trinajstić information content (AvgIpc) is 2.55. The molecule has 0 spiro atoms. The molecule has 0 bridgehead atoms. The number of hydrogen-bond donors (Lipinski definition) is 1. The molecule has 0 aliphatic heterocycles. The van der Waals surface area contributed by atoms with E-state index in [1.165, 1.54) is 19.1 Å². The Morgan fingerprint density at radius 1 is 1.25 bits per heavy atom. The first-order chi connectivity index (χ1) is 11.4. The maximum Gasteiger partial charge on any atom is 0.341 e. The molecule has 1 amide bonds. The van der Waals surface area contributed by atoms with Gasteiger partial charge in [-0.25, -0.2) is 4.79 Å². The Balaban J connectivity index is 2.03. The van der Waals surface area contributed by atoms with Crippen LogP contribution in [0, 0.1) is 11.3 Å². The lowest BCUT2D eigenvalue weighted by atomic mass is 9.83. The Kier molecular flexibility index (Phi) is 6.09. The monoisotopic (exact) mass is 368 g/mol. The highest BCUT2D eigenvalue weighted by atomic mass is 35.5. The van der Waals surface area contributed by atoms with Crippen LogP contribution < -0.4 is 5.32 Å². The Bertz CT molecular complexity index is 659. The van der Waals surface area contributed by atoms with E-state index in [1.54, 1.807) is 6.07 Å². The molecule has 1 saturated carbocycles. The first-order valence-corrected chi connectivity index (χ1v) is 8.52. The van der Waals surface area contributed by atoms with Gasteiger partial charge in [-0.05, 0) is 31.9 Å². The van der Waals surface area contributed by atoms with Gasteiger partial charge in [-0.3, -0.25) is 4.79 Å². The summed E-state index contributed by atoms with van der Waals surface area (Å²) in [6.45, 7) is 1.45.